The van der Waals surface area contributed by atoms with Crippen molar-refractivity contribution in [3.63, 3.8) is 0 Å². The number of nitrogens with one attached hydrogen (secondary N) is 1. The second-order valence-electron chi connectivity index (χ2n) is 4.02. The summed E-state index contributed by atoms with van der Waals surface area (Å²) in [5.41, 5.74) is 1.09. The van der Waals surface area contributed by atoms with Gasteiger partial charge in [0.05, 0.1) is 15.0 Å². The molecule has 0 bridgehead atoms. The van der Waals surface area contributed by atoms with Gasteiger partial charge in [-0.25, -0.2) is 0 Å². The molecule has 0 heterocycles. The van der Waals surface area contributed by atoms with Gasteiger partial charge < -0.3 is 5.32 Å². The third-order valence-corrected chi connectivity index (χ3v) is 3.56. The maximum atomic E-state index is 11.0. The van der Waals surface area contributed by atoms with Gasteiger partial charge in [0.15, 0.2) is 0 Å². The van der Waals surface area contributed by atoms with Crippen molar-refractivity contribution in [2.45, 2.75) is 6.54 Å². The second-order valence-corrected chi connectivity index (χ2v) is 5.27. The van der Waals surface area contributed by atoms with Crippen molar-refractivity contribution in [1.29, 1.82) is 0 Å². The van der Waals surface area contributed by atoms with Gasteiger partial charge in [0.25, 0.3) is 5.69 Å². The fraction of sp³-hybridized carbons (Fsp3) is 0.0769. The van der Waals surface area contributed by atoms with Crippen molar-refractivity contribution in [2.24, 2.45) is 0 Å². The second kappa shape index (κ2) is 6.31. The zero-order valence-corrected chi connectivity index (χ0v) is 12.3. The molecule has 0 fully saturated rings. The Balaban J connectivity index is 2.24. The highest BCUT2D eigenvalue weighted by molar-refractivity contribution is 6.42. The minimum atomic E-state index is -0.511. The van der Waals surface area contributed by atoms with Gasteiger partial charge in [0, 0.05) is 17.6 Å². The van der Waals surface area contributed by atoms with Crippen LogP contribution in [-0.2, 0) is 6.54 Å². The van der Waals surface area contributed by atoms with E-state index in [1.807, 2.05) is 12.1 Å². The van der Waals surface area contributed by atoms with E-state index in [1.165, 1.54) is 12.1 Å². The Labute approximate surface area is 130 Å². The molecule has 0 aliphatic carbocycles. The smallest absolute Gasteiger partial charge is 0.293 e. The largest absolute Gasteiger partial charge is 0.375 e. The van der Waals surface area contributed by atoms with Crippen LogP contribution in [0.5, 0.6) is 0 Å². The van der Waals surface area contributed by atoms with Gasteiger partial charge >= 0.3 is 0 Å². The molecule has 1 N–H and O–H groups in total. The van der Waals surface area contributed by atoms with Crippen LogP contribution in [0, 0.1) is 10.1 Å². The van der Waals surface area contributed by atoms with Gasteiger partial charge in [-0.3, -0.25) is 10.1 Å². The number of benzene rings is 2. The first kappa shape index (κ1) is 14.9. The Bertz CT molecular complexity index is 662. The number of nitrogens with zero attached hydrogens (tertiary/aromatic N) is 1. The fourth-order valence-electron chi connectivity index (χ4n) is 1.67. The molecule has 4 nitrogen and oxygen atoms in total. The Morgan fingerprint density at radius 2 is 1.80 bits per heavy atom. The van der Waals surface area contributed by atoms with Gasteiger partial charge in [-0.1, -0.05) is 46.9 Å². The van der Waals surface area contributed by atoms with Crippen LogP contribution in [0.15, 0.2) is 36.4 Å². The first-order chi connectivity index (χ1) is 9.47. The highest BCUT2D eigenvalue weighted by Gasteiger charge is 2.16. The number of rotatable bonds is 4. The summed E-state index contributed by atoms with van der Waals surface area (Å²) in [5.74, 6) is 0. The minimum Gasteiger partial charge on any atom is -0.375 e. The highest BCUT2D eigenvalue weighted by atomic mass is 35.5. The minimum absolute atomic E-state index is 0.124. The molecule has 0 saturated carbocycles. The van der Waals surface area contributed by atoms with E-state index >= 15 is 0 Å². The maximum Gasteiger partial charge on any atom is 0.293 e. The molecule has 2 aromatic carbocycles. The van der Waals surface area contributed by atoms with Crippen LogP contribution < -0.4 is 5.32 Å². The van der Waals surface area contributed by atoms with Gasteiger partial charge in [0.2, 0.25) is 0 Å². The lowest BCUT2D eigenvalue weighted by molar-refractivity contribution is -0.383. The van der Waals surface area contributed by atoms with Crippen LogP contribution in [0.4, 0.5) is 11.4 Å². The van der Waals surface area contributed by atoms with Gasteiger partial charge in [0.1, 0.15) is 5.69 Å². The van der Waals surface area contributed by atoms with E-state index in [-0.39, 0.29) is 15.7 Å². The first-order valence-corrected chi connectivity index (χ1v) is 6.72. The summed E-state index contributed by atoms with van der Waals surface area (Å²) in [4.78, 5) is 10.5. The van der Waals surface area contributed by atoms with Gasteiger partial charge in [-0.2, -0.15) is 0 Å². The van der Waals surface area contributed by atoms with Crippen molar-refractivity contribution in [3.05, 3.63) is 67.1 Å². The Morgan fingerprint density at radius 3 is 2.45 bits per heavy atom. The van der Waals surface area contributed by atoms with E-state index in [9.17, 15) is 10.1 Å². The molecular weight excluding hydrogens is 323 g/mol. The zero-order valence-electron chi connectivity index (χ0n) is 10.1. The summed E-state index contributed by atoms with van der Waals surface area (Å²) in [6, 6.07) is 9.87. The number of hydrogen-bond acceptors (Lipinski definition) is 3. The van der Waals surface area contributed by atoms with Crippen LogP contribution in [-0.4, -0.2) is 4.92 Å². The third-order valence-electron chi connectivity index (χ3n) is 2.61. The van der Waals surface area contributed by atoms with Crippen molar-refractivity contribution in [1.82, 2.24) is 0 Å². The number of anilines is 1. The SMILES string of the molecule is O=[N+]([O-])c1cc(Cl)c(Cl)cc1NCc1cccc(Cl)c1. The quantitative estimate of drug-likeness (QED) is 0.621. The molecule has 0 spiro atoms. The predicted molar refractivity (Wildman–Crippen MR) is 81.9 cm³/mol. The summed E-state index contributed by atoms with van der Waals surface area (Å²) < 4.78 is 0. The summed E-state index contributed by atoms with van der Waals surface area (Å²) >= 11 is 17.5. The van der Waals surface area contributed by atoms with E-state index in [1.54, 1.807) is 12.1 Å². The van der Waals surface area contributed by atoms with E-state index in [0.717, 1.165) is 5.56 Å². The van der Waals surface area contributed by atoms with Crippen molar-refractivity contribution >= 4 is 46.2 Å². The van der Waals surface area contributed by atoms with Crippen molar-refractivity contribution in [3.8, 4) is 0 Å². The average Bonchev–Trinajstić information content (AvgIpc) is 2.39. The third kappa shape index (κ3) is 3.54. The molecule has 0 aliphatic heterocycles. The number of nitro groups is 1. The monoisotopic (exact) mass is 330 g/mol. The highest BCUT2D eigenvalue weighted by Crippen LogP contribution is 2.34. The predicted octanol–water partition coefficient (Wildman–Crippen LogP) is 5.17. The molecule has 2 rings (SSSR count). The molecule has 104 valence electrons. The summed E-state index contributed by atoms with van der Waals surface area (Å²) in [6.45, 7) is 0.388. The molecule has 0 aliphatic rings. The van der Waals surface area contributed by atoms with Crippen LogP contribution in [0.3, 0.4) is 0 Å². The summed E-state index contributed by atoms with van der Waals surface area (Å²) in [5, 5.41) is 15.0. The average molecular weight is 332 g/mol. The van der Waals surface area contributed by atoms with E-state index in [0.29, 0.717) is 17.3 Å². The van der Waals surface area contributed by atoms with Crippen molar-refractivity contribution in [2.75, 3.05) is 5.32 Å². The molecular formula is C13H9Cl3N2O2. The van der Waals surface area contributed by atoms with Crippen LogP contribution in [0.25, 0.3) is 0 Å². The molecule has 0 aromatic heterocycles. The van der Waals surface area contributed by atoms with Gasteiger partial charge in [-0.05, 0) is 23.8 Å². The number of halogens is 3. The summed E-state index contributed by atoms with van der Waals surface area (Å²) in [6.07, 6.45) is 0. The van der Waals surface area contributed by atoms with Crippen LogP contribution >= 0.6 is 34.8 Å². The molecule has 7 heteroatoms. The molecule has 20 heavy (non-hydrogen) atoms. The lowest BCUT2D eigenvalue weighted by Gasteiger charge is -2.09. The lowest BCUT2D eigenvalue weighted by Crippen LogP contribution is -2.02. The van der Waals surface area contributed by atoms with Crippen LogP contribution in [0.1, 0.15) is 5.56 Å². The molecule has 0 saturated heterocycles. The first-order valence-electron chi connectivity index (χ1n) is 5.59. The topological polar surface area (TPSA) is 55.2 Å². The number of nitro benzene ring substituents is 1. The van der Waals surface area contributed by atoms with E-state index in [2.05, 4.69) is 5.32 Å². The van der Waals surface area contributed by atoms with E-state index < -0.39 is 4.92 Å². The summed E-state index contributed by atoms with van der Waals surface area (Å²) in [7, 11) is 0. The Kier molecular flexibility index (Phi) is 4.70. The van der Waals surface area contributed by atoms with Crippen LogP contribution in [0.2, 0.25) is 15.1 Å². The number of hydrogen-bond donors (Lipinski definition) is 1. The molecule has 0 amide bonds. The Hall–Kier alpha value is -1.49. The van der Waals surface area contributed by atoms with E-state index in [4.69, 9.17) is 34.8 Å². The fourth-order valence-corrected chi connectivity index (χ4v) is 2.21. The standard InChI is InChI=1S/C13H9Cl3N2O2/c14-9-3-1-2-8(4-9)7-17-12-5-10(15)11(16)6-13(12)18(19)20/h1-6,17H,7H2. The lowest BCUT2D eigenvalue weighted by atomic mass is 10.2. The zero-order chi connectivity index (χ0) is 14.7. The van der Waals surface area contributed by atoms with Gasteiger partial charge in [-0.15, -0.1) is 0 Å². The molecule has 0 radical (unpaired) electrons. The molecule has 0 unspecified atom stereocenters. The maximum absolute atomic E-state index is 11.0. The molecule has 0 atom stereocenters. The van der Waals surface area contributed by atoms with Crippen molar-refractivity contribution < 1.29 is 4.92 Å². The Morgan fingerprint density at radius 1 is 1.10 bits per heavy atom. The normalized spacial score (nSPS) is 10.3. The molecule has 2 aromatic rings.